The molecule has 0 aromatic heterocycles. The molecule has 0 aliphatic heterocycles. The summed E-state index contributed by atoms with van der Waals surface area (Å²) in [6.45, 7) is 2.53. The maximum Gasteiger partial charge on any atom is 0.245 e. The number of hydrogen-bond donors (Lipinski definition) is 1. The van der Waals surface area contributed by atoms with E-state index in [0.717, 1.165) is 0 Å². The zero-order valence-corrected chi connectivity index (χ0v) is 16.0. The third kappa shape index (κ3) is 3.48. The zero-order chi connectivity index (χ0) is 18.1. The van der Waals surface area contributed by atoms with Crippen LogP contribution in [0.4, 0.5) is 10.1 Å². The first-order valence-electron chi connectivity index (χ1n) is 6.83. The van der Waals surface area contributed by atoms with Gasteiger partial charge >= 0.3 is 0 Å². The summed E-state index contributed by atoms with van der Waals surface area (Å²) in [6, 6.07) is 10.0. The molecule has 24 heavy (non-hydrogen) atoms. The van der Waals surface area contributed by atoms with E-state index in [4.69, 9.17) is 11.6 Å². The highest BCUT2D eigenvalue weighted by Crippen LogP contribution is 2.29. The van der Waals surface area contributed by atoms with Gasteiger partial charge < -0.3 is 5.32 Å². The van der Waals surface area contributed by atoms with Crippen LogP contribution in [0.1, 0.15) is 13.8 Å². The van der Waals surface area contributed by atoms with Gasteiger partial charge in [0.15, 0.2) is 15.7 Å². The first kappa shape index (κ1) is 18.9. The first-order valence-corrected chi connectivity index (χ1v) is 9.48. The number of sulfone groups is 1. The van der Waals surface area contributed by atoms with Gasteiger partial charge in [0.2, 0.25) is 5.91 Å². The fourth-order valence-electron chi connectivity index (χ4n) is 1.90. The summed E-state index contributed by atoms with van der Waals surface area (Å²) in [6.07, 6.45) is 0. The second kappa shape index (κ2) is 6.82. The van der Waals surface area contributed by atoms with Crippen molar-refractivity contribution in [3.05, 3.63) is 57.8 Å². The molecule has 128 valence electrons. The Kier molecular flexibility index (Phi) is 5.37. The standard InChI is InChI=1S/C16H14BrClFNO3S/c1-16(2,24(22,23)11-8-6-10(17)7-9-11)15(21)20-13-5-3-4-12(18)14(13)19/h3-9H,1-2H3,(H,20,21). The molecule has 0 unspecified atom stereocenters. The summed E-state index contributed by atoms with van der Waals surface area (Å²) in [5.41, 5.74) is -0.174. The minimum Gasteiger partial charge on any atom is -0.322 e. The summed E-state index contributed by atoms with van der Waals surface area (Å²) in [5.74, 6) is -1.67. The smallest absolute Gasteiger partial charge is 0.245 e. The second-order valence-corrected chi connectivity index (χ2v) is 9.34. The van der Waals surface area contributed by atoms with E-state index in [0.29, 0.717) is 4.47 Å². The van der Waals surface area contributed by atoms with Gasteiger partial charge in [-0.15, -0.1) is 0 Å². The van der Waals surface area contributed by atoms with Crippen LogP contribution in [-0.4, -0.2) is 19.1 Å². The summed E-state index contributed by atoms with van der Waals surface area (Å²) < 4.78 is 38.3. The highest BCUT2D eigenvalue weighted by molar-refractivity contribution is 9.10. The van der Waals surface area contributed by atoms with Crippen molar-refractivity contribution in [3.63, 3.8) is 0 Å². The lowest BCUT2D eigenvalue weighted by Gasteiger charge is -2.24. The van der Waals surface area contributed by atoms with Crippen LogP contribution in [0.2, 0.25) is 5.02 Å². The Morgan fingerprint density at radius 1 is 1.17 bits per heavy atom. The Morgan fingerprint density at radius 2 is 1.75 bits per heavy atom. The Labute approximate surface area is 153 Å². The van der Waals surface area contributed by atoms with E-state index in [1.165, 1.54) is 44.2 Å². The quantitative estimate of drug-likeness (QED) is 0.774. The minimum atomic E-state index is -3.99. The molecule has 0 heterocycles. The maximum atomic E-state index is 13.9. The molecule has 0 aliphatic carbocycles. The number of carbonyl (C=O) groups is 1. The maximum absolute atomic E-state index is 13.9. The molecular weight excluding hydrogens is 421 g/mol. The summed E-state index contributed by atoms with van der Waals surface area (Å²) >= 11 is 8.89. The molecule has 0 bridgehead atoms. The van der Waals surface area contributed by atoms with Gasteiger partial charge in [0.1, 0.15) is 4.75 Å². The Hall–Kier alpha value is -1.44. The van der Waals surface area contributed by atoms with E-state index < -0.39 is 26.3 Å². The van der Waals surface area contributed by atoms with E-state index in [-0.39, 0.29) is 15.6 Å². The number of amides is 1. The van der Waals surface area contributed by atoms with E-state index in [9.17, 15) is 17.6 Å². The number of hydrogen-bond acceptors (Lipinski definition) is 3. The molecule has 0 fully saturated rings. The van der Waals surface area contributed by atoms with E-state index in [1.807, 2.05) is 0 Å². The fraction of sp³-hybridized carbons (Fsp3) is 0.188. The van der Waals surface area contributed by atoms with Gasteiger partial charge in [-0.2, -0.15) is 0 Å². The van der Waals surface area contributed by atoms with Crippen molar-refractivity contribution in [2.75, 3.05) is 5.32 Å². The molecular formula is C16H14BrClFNO3S. The highest BCUT2D eigenvalue weighted by atomic mass is 79.9. The van der Waals surface area contributed by atoms with E-state index in [2.05, 4.69) is 21.2 Å². The number of nitrogens with one attached hydrogen (secondary N) is 1. The first-order chi connectivity index (χ1) is 11.1. The molecule has 2 rings (SSSR count). The Bertz CT molecular complexity index is 883. The van der Waals surface area contributed by atoms with Crippen molar-refractivity contribution in [1.82, 2.24) is 0 Å². The molecule has 1 amide bonds. The monoisotopic (exact) mass is 433 g/mol. The van der Waals surface area contributed by atoms with Crippen molar-refractivity contribution in [2.45, 2.75) is 23.5 Å². The van der Waals surface area contributed by atoms with Gasteiger partial charge in [-0.1, -0.05) is 33.6 Å². The summed E-state index contributed by atoms with van der Waals surface area (Å²) in [5, 5.41) is 2.13. The molecule has 0 aliphatic rings. The van der Waals surface area contributed by atoms with E-state index >= 15 is 0 Å². The number of rotatable bonds is 4. The van der Waals surface area contributed by atoms with Crippen molar-refractivity contribution < 1.29 is 17.6 Å². The minimum absolute atomic E-state index is 0.00239. The molecule has 2 aromatic rings. The third-order valence-corrected chi connectivity index (χ3v) is 6.78. The average molecular weight is 435 g/mol. The molecule has 0 radical (unpaired) electrons. The number of carbonyl (C=O) groups excluding carboxylic acids is 1. The highest BCUT2D eigenvalue weighted by Gasteiger charge is 2.43. The van der Waals surface area contributed by atoms with Crippen LogP contribution >= 0.6 is 27.5 Å². The largest absolute Gasteiger partial charge is 0.322 e. The molecule has 1 N–H and O–H groups in total. The lowest BCUT2D eigenvalue weighted by Crippen LogP contribution is -2.44. The van der Waals surface area contributed by atoms with Gasteiger partial charge in [0, 0.05) is 4.47 Å². The Balaban J connectivity index is 2.36. The fourth-order valence-corrected chi connectivity index (χ4v) is 3.72. The SMILES string of the molecule is CC(C)(C(=O)Nc1cccc(Cl)c1F)S(=O)(=O)c1ccc(Br)cc1. The number of benzene rings is 2. The van der Waals surface area contributed by atoms with Crippen LogP contribution in [0, 0.1) is 5.82 Å². The predicted molar refractivity (Wildman–Crippen MR) is 95.4 cm³/mol. The van der Waals surface area contributed by atoms with Gasteiger partial charge in [-0.25, -0.2) is 12.8 Å². The van der Waals surface area contributed by atoms with Gasteiger partial charge in [0.25, 0.3) is 0 Å². The lowest BCUT2D eigenvalue weighted by atomic mass is 10.2. The van der Waals surface area contributed by atoms with Gasteiger partial charge in [-0.3, -0.25) is 4.79 Å². The molecule has 4 nitrogen and oxygen atoms in total. The van der Waals surface area contributed by atoms with Crippen LogP contribution in [0.15, 0.2) is 51.8 Å². The van der Waals surface area contributed by atoms with Crippen molar-refractivity contribution in [3.8, 4) is 0 Å². The van der Waals surface area contributed by atoms with Crippen LogP contribution in [-0.2, 0) is 14.6 Å². The molecule has 0 saturated heterocycles. The Morgan fingerprint density at radius 3 is 2.33 bits per heavy atom. The summed E-state index contributed by atoms with van der Waals surface area (Å²) in [7, 11) is -3.99. The normalized spacial score (nSPS) is 12.0. The van der Waals surface area contributed by atoms with Crippen LogP contribution in [0.3, 0.4) is 0 Å². The number of halogens is 3. The van der Waals surface area contributed by atoms with E-state index in [1.54, 1.807) is 12.1 Å². The summed E-state index contributed by atoms with van der Waals surface area (Å²) in [4.78, 5) is 12.5. The lowest BCUT2D eigenvalue weighted by molar-refractivity contribution is -0.117. The average Bonchev–Trinajstić information content (AvgIpc) is 2.52. The van der Waals surface area contributed by atoms with Crippen LogP contribution < -0.4 is 5.32 Å². The second-order valence-electron chi connectivity index (χ2n) is 5.52. The molecule has 0 atom stereocenters. The zero-order valence-electron chi connectivity index (χ0n) is 12.8. The van der Waals surface area contributed by atoms with Crippen molar-refractivity contribution in [2.24, 2.45) is 0 Å². The predicted octanol–water partition coefficient (Wildman–Crippen LogP) is 4.43. The van der Waals surface area contributed by atoms with Gasteiger partial charge in [-0.05, 0) is 50.2 Å². The third-order valence-electron chi connectivity index (χ3n) is 3.54. The van der Waals surface area contributed by atoms with Crippen LogP contribution in [0.25, 0.3) is 0 Å². The molecule has 8 heteroatoms. The van der Waals surface area contributed by atoms with Crippen molar-refractivity contribution in [1.29, 1.82) is 0 Å². The topological polar surface area (TPSA) is 63.2 Å². The molecule has 0 saturated carbocycles. The number of anilines is 1. The molecule has 0 spiro atoms. The molecule has 2 aromatic carbocycles. The van der Waals surface area contributed by atoms with Crippen LogP contribution in [0.5, 0.6) is 0 Å². The van der Waals surface area contributed by atoms with Crippen molar-refractivity contribution >= 4 is 49.0 Å². The van der Waals surface area contributed by atoms with Gasteiger partial charge in [0.05, 0.1) is 15.6 Å².